The SMILES string of the molecule is C=CC(=C/N)/C(/C=C\C)=C\C.CC.CC=O. The van der Waals surface area contributed by atoms with Gasteiger partial charge in [-0.1, -0.05) is 44.7 Å². The van der Waals surface area contributed by atoms with Gasteiger partial charge in [0.25, 0.3) is 0 Å². The minimum absolute atomic E-state index is 0.750. The van der Waals surface area contributed by atoms with Crippen LogP contribution in [0.3, 0.4) is 0 Å². The highest BCUT2D eigenvalue weighted by atomic mass is 16.1. The zero-order chi connectivity index (χ0) is 13.4. The van der Waals surface area contributed by atoms with Crippen molar-refractivity contribution in [1.82, 2.24) is 0 Å². The normalized spacial score (nSPS) is 10.8. The third-order valence-electron chi connectivity index (χ3n) is 1.39. The Morgan fingerprint density at radius 3 is 1.75 bits per heavy atom. The minimum atomic E-state index is 0.750. The first-order chi connectivity index (χ1) is 7.71. The molecular weight excluding hydrogens is 198 g/mol. The predicted octanol–water partition coefficient (Wildman–Crippen LogP) is 3.77. The second kappa shape index (κ2) is 19.1. The Balaban J connectivity index is -0.000000289. The van der Waals surface area contributed by atoms with Gasteiger partial charge in [-0.15, -0.1) is 0 Å². The lowest BCUT2D eigenvalue weighted by atomic mass is 10.1. The van der Waals surface area contributed by atoms with E-state index in [2.05, 4.69) is 6.58 Å². The van der Waals surface area contributed by atoms with Gasteiger partial charge in [0, 0.05) is 6.20 Å². The van der Waals surface area contributed by atoms with Gasteiger partial charge < -0.3 is 10.5 Å². The molecular formula is C14H25NO. The number of carbonyl (C=O) groups excluding carboxylic acids is 1. The third kappa shape index (κ3) is 12.4. The van der Waals surface area contributed by atoms with Gasteiger partial charge >= 0.3 is 0 Å². The number of nitrogens with two attached hydrogens (primary N) is 1. The Hall–Kier alpha value is -1.57. The van der Waals surface area contributed by atoms with E-state index in [-0.39, 0.29) is 0 Å². The molecule has 2 nitrogen and oxygen atoms in total. The van der Waals surface area contributed by atoms with Crippen molar-refractivity contribution in [2.24, 2.45) is 5.73 Å². The molecule has 92 valence electrons. The van der Waals surface area contributed by atoms with Gasteiger partial charge in [-0.2, -0.15) is 0 Å². The molecule has 0 aliphatic heterocycles. The minimum Gasteiger partial charge on any atom is -0.404 e. The van der Waals surface area contributed by atoms with E-state index < -0.39 is 0 Å². The molecule has 0 saturated heterocycles. The quantitative estimate of drug-likeness (QED) is 0.584. The van der Waals surface area contributed by atoms with Crippen molar-refractivity contribution in [2.45, 2.75) is 34.6 Å². The van der Waals surface area contributed by atoms with Crippen LogP contribution >= 0.6 is 0 Å². The van der Waals surface area contributed by atoms with E-state index in [1.54, 1.807) is 12.3 Å². The first kappa shape index (κ1) is 19.9. The van der Waals surface area contributed by atoms with Crippen molar-refractivity contribution in [3.8, 4) is 0 Å². The van der Waals surface area contributed by atoms with Gasteiger partial charge in [0.05, 0.1) is 0 Å². The average molecular weight is 223 g/mol. The number of aldehydes is 1. The molecule has 0 amide bonds. The summed E-state index contributed by atoms with van der Waals surface area (Å²) in [5.41, 5.74) is 7.45. The molecule has 0 fully saturated rings. The smallest absolute Gasteiger partial charge is 0.116 e. The van der Waals surface area contributed by atoms with Crippen LogP contribution in [-0.2, 0) is 4.79 Å². The number of allylic oxidation sites excluding steroid dienone is 6. The predicted molar refractivity (Wildman–Crippen MR) is 74.1 cm³/mol. The molecule has 16 heavy (non-hydrogen) atoms. The standard InChI is InChI=1S/C10H15N.C2H4O.C2H6/c1-4-7-9(5-2)10(6-3)8-11;1-2-3;1-2/h4-8H,3,11H2,1-2H3;2H,1H3;1-2H3/b7-4-,9-5-,10-8-;;. The zero-order valence-electron chi connectivity index (χ0n) is 11.2. The lowest BCUT2D eigenvalue weighted by Crippen LogP contribution is -1.88. The highest BCUT2D eigenvalue weighted by molar-refractivity contribution is 5.44. The van der Waals surface area contributed by atoms with Gasteiger partial charge in [0.1, 0.15) is 6.29 Å². The Bertz CT molecular complexity index is 247. The molecule has 0 aromatic carbocycles. The molecule has 2 heteroatoms. The topological polar surface area (TPSA) is 43.1 Å². The molecule has 0 radical (unpaired) electrons. The maximum Gasteiger partial charge on any atom is 0.116 e. The van der Waals surface area contributed by atoms with E-state index in [0.717, 1.165) is 17.4 Å². The highest BCUT2D eigenvalue weighted by Crippen LogP contribution is 2.10. The summed E-state index contributed by atoms with van der Waals surface area (Å²) in [6, 6.07) is 0. The van der Waals surface area contributed by atoms with E-state index >= 15 is 0 Å². The molecule has 0 spiro atoms. The molecule has 0 heterocycles. The van der Waals surface area contributed by atoms with Crippen LogP contribution < -0.4 is 5.73 Å². The molecule has 0 aromatic heterocycles. The molecule has 0 aliphatic rings. The maximum atomic E-state index is 8.81. The monoisotopic (exact) mass is 223 g/mol. The summed E-state index contributed by atoms with van der Waals surface area (Å²) in [5, 5.41) is 0. The van der Waals surface area contributed by atoms with Crippen molar-refractivity contribution < 1.29 is 4.79 Å². The van der Waals surface area contributed by atoms with Crippen molar-refractivity contribution in [2.75, 3.05) is 0 Å². The van der Waals surface area contributed by atoms with Crippen LogP contribution in [0.5, 0.6) is 0 Å². The summed E-state index contributed by atoms with van der Waals surface area (Å²) in [4.78, 5) is 8.81. The molecule has 0 aromatic rings. The van der Waals surface area contributed by atoms with E-state index in [9.17, 15) is 0 Å². The third-order valence-corrected chi connectivity index (χ3v) is 1.39. The number of carbonyl (C=O) groups is 1. The van der Waals surface area contributed by atoms with Gasteiger partial charge in [-0.25, -0.2) is 0 Å². The van der Waals surface area contributed by atoms with Crippen LogP contribution in [0.1, 0.15) is 34.6 Å². The first-order valence-electron chi connectivity index (χ1n) is 5.45. The van der Waals surface area contributed by atoms with Crippen molar-refractivity contribution >= 4 is 6.29 Å². The Morgan fingerprint density at radius 2 is 1.56 bits per heavy atom. The highest BCUT2D eigenvalue weighted by Gasteiger charge is 1.92. The number of rotatable bonds is 3. The second-order valence-corrected chi connectivity index (χ2v) is 2.31. The number of hydrogen-bond acceptors (Lipinski definition) is 2. The first-order valence-corrected chi connectivity index (χ1v) is 5.45. The average Bonchev–Trinajstić information content (AvgIpc) is 2.33. The second-order valence-electron chi connectivity index (χ2n) is 2.31. The van der Waals surface area contributed by atoms with Crippen LogP contribution in [0.2, 0.25) is 0 Å². The summed E-state index contributed by atoms with van der Waals surface area (Å²) in [6.45, 7) is 13.1. The van der Waals surface area contributed by atoms with Crippen molar-refractivity contribution in [3.05, 3.63) is 48.2 Å². The Morgan fingerprint density at radius 1 is 1.12 bits per heavy atom. The summed E-state index contributed by atoms with van der Waals surface area (Å²) in [5.74, 6) is 0. The molecule has 0 rings (SSSR count). The molecule has 0 saturated carbocycles. The summed E-state index contributed by atoms with van der Waals surface area (Å²) in [7, 11) is 0. The fraction of sp³-hybridized carbons (Fsp3) is 0.357. The van der Waals surface area contributed by atoms with Crippen LogP contribution in [0.4, 0.5) is 0 Å². The van der Waals surface area contributed by atoms with Crippen LogP contribution in [0.15, 0.2) is 48.2 Å². The Labute approximate surface area is 100 Å². The molecule has 0 aliphatic carbocycles. The van der Waals surface area contributed by atoms with Gasteiger partial charge in [0.15, 0.2) is 0 Å². The molecule has 0 unspecified atom stereocenters. The molecule has 0 bridgehead atoms. The lowest BCUT2D eigenvalue weighted by Gasteiger charge is -1.99. The Kier molecular flexibility index (Phi) is 23.7. The maximum absolute atomic E-state index is 8.81. The van der Waals surface area contributed by atoms with Gasteiger partial charge in [-0.05, 0) is 31.9 Å². The molecule has 0 atom stereocenters. The molecule has 2 N–H and O–H groups in total. The summed E-state index contributed by atoms with van der Waals surface area (Å²) in [6.07, 6.45) is 10.0. The van der Waals surface area contributed by atoms with Crippen molar-refractivity contribution in [3.63, 3.8) is 0 Å². The van der Waals surface area contributed by atoms with Crippen LogP contribution in [-0.4, -0.2) is 6.29 Å². The fourth-order valence-electron chi connectivity index (χ4n) is 0.821. The lowest BCUT2D eigenvalue weighted by molar-refractivity contribution is -0.106. The van der Waals surface area contributed by atoms with Crippen LogP contribution in [0, 0.1) is 0 Å². The van der Waals surface area contributed by atoms with E-state index in [0.29, 0.717) is 0 Å². The summed E-state index contributed by atoms with van der Waals surface area (Å²) < 4.78 is 0. The zero-order valence-corrected chi connectivity index (χ0v) is 11.2. The number of hydrogen-bond donors (Lipinski definition) is 1. The largest absolute Gasteiger partial charge is 0.404 e. The van der Waals surface area contributed by atoms with E-state index in [1.807, 2.05) is 45.9 Å². The fourth-order valence-corrected chi connectivity index (χ4v) is 0.821. The summed E-state index contributed by atoms with van der Waals surface area (Å²) >= 11 is 0. The van der Waals surface area contributed by atoms with Crippen LogP contribution in [0.25, 0.3) is 0 Å². The van der Waals surface area contributed by atoms with Crippen molar-refractivity contribution in [1.29, 1.82) is 0 Å². The van der Waals surface area contributed by atoms with Gasteiger partial charge in [0.2, 0.25) is 0 Å². The van der Waals surface area contributed by atoms with E-state index in [4.69, 9.17) is 10.5 Å². The van der Waals surface area contributed by atoms with E-state index in [1.165, 1.54) is 6.92 Å². The van der Waals surface area contributed by atoms with Gasteiger partial charge in [-0.3, -0.25) is 0 Å².